The molecule has 3 N–H and O–H groups in total. The van der Waals surface area contributed by atoms with Crippen molar-refractivity contribution in [3.05, 3.63) is 48.2 Å². The lowest BCUT2D eigenvalue weighted by Gasteiger charge is -2.20. The molecule has 2 aromatic rings. The van der Waals surface area contributed by atoms with Gasteiger partial charge in [0.25, 0.3) is 0 Å². The van der Waals surface area contributed by atoms with Crippen molar-refractivity contribution in [3.8, 4) is 17.4 Å². The lowest BCUT2D eigenvalue weighted by molar-refractivity contribution is 0.1000. The highest BCUT2D eigenvalue weighted by atomic mass is 16.5. The zero-order valence-electron chi connectivity index (χ0n) is 16.5. The Morgan fingerprint density at radius 1 is 1.15 bits per heavy atom. The quantitative estimate of drug-likeness (QED) is 0.655. The van der Waals surface area contributed by atoms with Crippen LogP contribution >= 0.6 is 0 Å². The van der Waals surface area contributed by atoms with E-state index in [1.165, 1.54) is 6.20 Å². The third-order valence-electron chi connectivity index (χ3n) is 3.89. The van der Waals surface area contributed by atoms with E-state index in [-0.39, 0.29) is 6.10 Å². The summed E-state index contributed by atoms with van der Waals surface area (Å²) >= 11 is 0. The number of nitrogens with one attached hydrogen (secondary N) is 1. The topological polar surface area (TPSA) is 86.5 Å². The molecule has 1 amide bonds. The summed E-state index contributed by atoms with van der Waals surface area (Å²) in [4.78, 5) is 15.1. The Bertz CT molecular complexity index is 722. The summed E-state index contributed by atoms with van der Waals surface area (Å²) in [7, 11) is 0. The van der Waals surface area contributed by atoms with Gasteiger partial charge >= 0.3 is 0 Å². The summed E-state index contributed by atoms with van der Waals surface area (Å²) in [6.07, 6.45) is 2.59. The highest BCUT2D eigenvalue weighted by Gasteiger charge is 2.10. The first-order chi connectivity index (χ1) is 12.7. The number of hydrogen-bond donors (Lipinski definition) is 2. The van der Waals surface area contributed by atoms with E-state index in [0.717, 1.165) is 25.3 Å². The molecule has 27 heavy (non-hydrogen) atoms. The number of hydrogen-bond acceptors (Lipinski definition) is 5. The zero-order valence-corrected chi connectivity index (χ0v) is 16.5. The van der Waals surface area contributed by atoms with Crippen LogP contribution in [0.5, 0.6) is 17.4 Å². The number of ether oxygens (including phenoxy) is 2. The first kappa shape index (κ1) is 20.7. The summed E-state index contributed by atoms with van der Waals surface area (Å²) in [5, 5.41) is 3.43. The second kappa shape index (κ2) is 9.37. The molecule has 1 heterocycles. The Hall–Kier alpha value is -2.60. The van der Waals surface area contributed by atoms with Gasteiger partial charge in [-0.05, 0) is 55.6 Å². The zero-order chi connectivity index (χ0) is 19.9. The molecular formula is C21H29N3O3. The van der Waals surface area contributed by atoms with Gasteiger partial charge in [0.15, 0.2) is 0 Å². The lowest BCUT2D eigenvalue weighted by Crippen LogP contribution is -2.31. The number of nitrogens with two attached hydrogens (primary N) is 1. The third-order valence-corrected chi connectivity index (χ3v) is 3.89. The average molecular weight is 371 g/mol. The molecule has 1 aromatic heterocycles. The number of rotatable bonds is 9. The Kier molecular flexibility index (Phi) is 7.19. The fourth-order valence-corrected chi connectivity index (χ4v) is 2.34. The van der Waals surface area contributed by atoms with E-state index in [1.807, 2.05) is 31.2 Å². The van der Waals surface area contributed by atoms with E-state index in [9.17, 15) is 4.79 Å². The van der Waals surface area contributed by atoms with Crippen LogP contribution in [-0.2, 0) is 0 Å². The number of carbonyl (C=O) groups excluding carboxylic acids is 1. The van der Waals surface area contributed by atoms with Gasteiger partial charge in [-0.2, -0.15) is 0 Å². The normalized spacial score (nSPS) is 12.4. The van der Waals surface area contributed by atoms with Gasteiger partial charge in [-0.3, -0.25) is 4.79 Å². The van der Waals surface area contributed by atoms with Crippen molar-refractivity contribution in [1.82, 2.24) is 10.3 Å². The SMILES string of the molecule is CC(CNCCC(C)(C)C)Oc1ccc(Oc2ccc(C(N)=O)cn2)cc1. The van der Waals surface area contributed by atoms with Gasteiger partial charge in [-0.25, -0.2) is 4.98 Å². The van der Waals surface area contributed by atoms with Crippen molar-refractivity contribution in [1.29, 1.82) is 0 Å². The van der Waals surface area contributed by atoms with Crippen LogP contribution in [0.1, 0.15) is 44.5 Å². The Morgan fingerprint density at radius 3 is 2.37 bits per heavy atom. The summed E-state index contributed by atoms with van der Waals surface area (Å²) < 4.78 is 11.6. The molecule has 2 rings (SSSR count). The van der Waals surface area contributed by atoms with Crippen molar-refractivity contribution in [3.63, 3.8) is 0 Å². The first-order valence-corrected chi connectivity index (χ1v) is 9.14. The molecule has 0 saturated carbocycles. The maximum atomic E-state index is 11.0. The highest BCUT2D eigenvalue weighted by molar-refractivity contribution is 5.92. The van der Waals surface area contributed by atoms with E-state index in [1.54, 1.807) is 12.1 Å². The summed E-state index contributed by atoms with van der Waals surface area (Å²) in [6.45, 7) is 10.5. The van der Waals surface area contributed by atoms with Gasteiger partial charge in [0.05, 0.1) is 5.56 Å². The monoisotopic (exact) mass is 371 g/mol. The third kappa shape index (κ3) is 7.66. The Morgan fingerprint density at radius 2 is 1.81 bits per heavy atom. The van der Waals surface area contributed by atoms with Crippen molar-refractivity contribution >= 4 is 5.91 Å². The van der Waals surface area contributed by atoms with Crippen LogP contribution < -0.4 is 20.5 Å². The molecule has 0 spiro atoms. The number of primary amides is 1. The number of carbonyl (C=O) groups is 1. The summed E-state index contributed by atoms with van der Waals surface area (Å²) in [5.41, 5.74) is 5.87. The first-order valence-electron chi connectivity index (χ1n) is 9.14. The van der Waals surface area contributed by atoms with Gasteiger partial charge in [0.2, 0.25) is 11.8 Å². The van der Waals surface area contributed by atoms with Gasteiger partial charge < -0.3 is 20.5 Å². The van der Waals surface area contributed by atoms with Crippen LogP contribution in [-0.4, -0.2) is 30.1 Å². The number of pyridine rings is 1. The fraction of sp³-hybridized carbons (Fsp3) is 0.429. The molecule has 1 unspecified atom stereocenters. The number of nitrogens with zero attached hydrogens (tertiary/aromatic N) is 1. The molecule has 146 valence electrons. The van der Waals surface area contributed by atoms with Crippen molar-refractivity contribution in [2.75, 3.05) is 13.1 Å². The smallest absolute Gasteiger partial charge is 0.250 e. The van der Waals surface area contributed by atoms with Crippen LogP contribution in [0.2, 0.25) is 0 Å². The van der Waals surface area contributed by atoms with E-state index < -0.39 is 5.91 Å². The predicted octanol–water partition coefficient (Wildman–Crippen LogP) is 3.77. The van der Waals surface area contributed by atoms with E-state index in [2.05, 4.69) is 31.1 Å². The van der Waals surface area contributed by atoms with Crippen molar-refractivity contribution in [2.24, 2.45) is 11.1 Å². The molecule has 0 saturated heterocycles. The second-order valence-corrected chi connectivity index (χ2v) is 7.77. The minimum Gasteiger partial charge on any atom is -0.489 e. The molecule has 1 atom stereocenters. The van der Waals surface area contributed by atoms with Crippen LogP contribution in [0, 0.1) is 5.41 Å². The number of benzene rings is 1. The minimum atomic E-state index is -0.516. The second-order valence-electron chi connectivity index (χ2n) is 7.77. The van der Waals surface area contributed by atoms with Crippen LogP contribution in [0.15, 0.2) is 42.6 Å². The van der Waals surface area contributed by atoms with Crippen molar-refractivity contribution < 1.29 is 14.3 Å². The van der Waals surface area contributed by atoms with Crippen LogP contribution in [0.3, 0.4) is 0 Å². The molecule has 0 aliphatic rings. The largest absolute Gasteiger partial charge is 0.489 e. The van der Waals surface area contributed by atoms with Crippen LogP contribution in [0.25, 0.3) is 0 Å². The highest BCUT2D eigenvalue weighted by Crippen LogP contribution is 2.23. The maximum absolute atomic E-state index is 11.0. The molecule has 0 bridgehead atoms. The fourth-order valence-electron chi connectivity index (χ4n) is 2.34. The maximum Gasteiger partial charge on any atom is 0.250 e. The average Bonchev–Trinajstić information content (AvgIpc) is 2.60. The molecule has 1 aromatic carbocycles. The van der Waals surface area contributed by atoms with Gasteiger partial charge in [0.1, 0.15) is 17.6 Å². The molecule has 0 aliphatic heterocycles. The van der Waals surface area contributed by atoms with Gasteiger partial charge in [-0.1, -0.05) is 20.8 Å². The van der Waals surface area contributed by atoms with Crippen molar-refractivity contribution in [2.45, 2.75) is 40.2 Å². The molecule has 0 radical (unpaired) electrons. The van der Waals surface area contributed by atoms with E-state index >= 15 is 0 Å². The molecule has 6 nitrogen and oxygen atoms in total. The summed E-state index contributed by atoms with van der Waals surface area (Å²) in [6, 6.07) is 10.5. The molecule has 0 fully saturated rings. The molecule has 0 aliphatic carbocycles. The van der Waals surface area contributed by atoms with Gasteiger partial charge in [0, 0.05) is 18.8 Å². The van der Waals surface area contributed by atoms with Crippen LogP contribution in [0.4, 0.5) is 0 Å². The predicted molar refractivity (Wildman–Crippen MR) is 106 cm³/mol. The standard InChI is InChI=1S/C21H29N3O3/c1-15(13-23-12-11-21(2,3)4)26-17-6-8-18(9-7-17)27-19-10-5-16(14-24-19)20(22)25/h5-10,14-15,23H,11-13H2,1-4H3,(H2,22,25). The minimum absolute atomic E-state index is 0.0692. The van der Waals surface area contributed by atoms with E-state index in [4.69, 9.17) is 15.2 Å². The lowest BCUT2D eigenvalue weighted by atomic mass is 9.92. The van der Waals surface area contributed by atoms with Gasteiger partial charge in [-0.15, -0.1) is 0 Å². The summed E-state index contributed by atoms with van der Waals surface area (Å²) in [5.74, 6) is 1.30. The Labute approximate surface area is 161 Å². The number of amides is 1. The Balaban J connectivity index is 1.79. The number of aromatic nitrogens is 1. The molecular weight excluding hydrogens is 342 g/mol. The van der Waals surface area contributed by atoms with E-state index in [0.29, 0.717) is 22.6 Å². The molecule has 6 heteroatoms.